The summed E-state index contributed by atoms with van der Waals surface area (Å²) in [6.45, 7) is 4.00. The summed E-state index contributed by atoms with van der Waals surface area (Å²) < 4.78 is 53.4. The number of rotatable bonds is 11. The van der Waals surface area contributed by atoms with Crippen molar-refractivity contribution >= 4 is 44.0 Å². The summed E-state index contributed by atoms with van der Waals surface area (Å²) in [5.41, 5.74) is 4.41. The maximum atomic E-state index is 14.1. The van der Waals surface area contributed by atoms with Gasteiger partial charge in [-0.05, 0) is 105 Å². The minimum Gasteiger partial charge on any atom is -0.489 e. The molecule has 2 aliphatic carbocycles. The number of aromatic nitrogens is 2. The van der Waals surface area contributed by atoms with Gasteiger partial charge in [-0.3, -0.25) is 19.8 Å². The zero-order valence-electron chi connectivity index (χ0n) is 35.4. The van der Waals surface area contributed by atoms with Crippen LogP contribution in [0.1, 0.15) is 84.8 Å². The number of carbonyl (C=O) groups excluding carboxylic acids is 1. The van der Waals surface area contributed by atoms with Crippen LogP contribution >= 0.6 is 0 Å². The average molecular weight is 890 g/mol. The SMILES string of the molecule is O=C(NS(=O)(=O)c1cc2c(c([N+](=O)[O-])c1)NC(C1COCCO1)CO2)c1ccc(N2CCC3(CC2)CC(N2CCCC2c2ccccc2C2CC2)C3)cc1Oc1cnc2[nH]ccc2c1. The van der Waals surface area contributed by atoms with Crippen molar-refractivity contribution < 1.29 is 37.1 Å². The number of carbonyl (C=O) groups is 1. The Morgan fingerprint density at radius 1 is 0.969 bits per heavy atom. The van der Waals surface area contributed by atoms with Gasteiger partial charge in [-0.2, -0.15) is 0 Å². The zero-order chi connectivity index (χ0) is 43.6. The number of nitro groups is 1. The number of sulfonamides is 1. The van der Waals surface area contributed by atoms with Gasteiger partial charge in [0.1, 0.15) is 29.9 Å². The molecule has 0 bridgehead atoms. The van der Waals surface area contributed by atoms with Crippen LogP contribution in [0.15, 0.2) is 84.0 Å². The number of likely N-dealkylation sites (tertiary alicyclic amines) is 1. The molecule has 3 N–H and O–H groups in total. The number of amides is 1. The minimum absolute atomic E-state index is 0.0197. The van der Waals surface area contributed by atoms with E-state index in [-0.39, 0.29) is 36.0 Å². The quantitative estimate of drug-likeness (QED) is 0.0878. The fraction of sp³-hybridized carbons (Fsp3) is 0.447. The van der Waals surface area contributed by atoms with E-state index in [1.165, 1.54) is 57.3 Å². The lowest BCUT2D eigenvalue weighted by Crippen LogP contribution is -2.54. The third-order valence-corrected chi connectivity index (χ3v) is 15.6. The highest BCUT2D eigenvalue weighted by atomic mass is 32.2. The van der Waals surface area contributed by atoms with Gasteiger partial charge in [0.05, 0.1) is 47.4 Å². The van der Waals surface area contributed by atoms with E-state index in [4.69, 9.17) is 18.9 Å². The van der Waals surface area contributed by atoms with Crippen molar-refractivity contribution in [1.82, 2.24) is 19.6 Å². The third kappa shape index (κ3) is 7.81. The van der Waals surface area contributed by atoms with Crippen LogP contribution in [0.3, 0.4) is 0 Å². The van der Waals surface area contributed by atoms with Crippen LogP contribution in [0.25, 0.3) is 11.0 Å². The van der Waals surface area contributed by atoms with Gasteiger partial charge in [-0.1, -0.05) is 24.3 Å². The molecule has 1 amide bonds. The first-order valence-electron chi connectivity index (χ1n) is 22.4. The first-order valence-corrected chi connectivity index (χ1v) is 23.9. The molecule has 3 unspecified atom stereocenters. The van der Waals surface area contributed by atoms with Gasteiger partial charge in [0.25, 0.3) is 21.6 Å². The summed E-state index contributed by atoms with van der Waals surface area (Å²) in [5, 5.41) is 16.2. The fourth-order valence-corrected chi connectivity index (χ4v) is 11.8. The van der Waals surface area contributed by atoms with Crippen molar-refractivity contribution in [1.29, 1.82) is 0 Å². The number of H-pyrrole nitrogens is 1. The highest BCUT2D eigenvalue weighted by molar-refractivity contribution is 7.90. The Bertz CT molecular complexity index is 2720. The summed E-state index contributed by atoms with van der Waals surface area (Å²) >= 11 is 0. The highest BCUT2D eigenvalue weighted by Gasteiger charge is 2.50. The van der Waals surface area contributed by atoms with E-state index in [9.17, 15) is 23.3 Å². The highest BCUT2D eigenvalue weighted by Crippen LogP contribution is 2.55. The lowest BCUT2D eigenvalue weighted by atomic mass is 9.59. The van der Waals surface area contributed by atoms with Crippen molar-refractivity contribution in [3.63, 3.8) is 0 Å². The minimum atomic E-state index is -4.66. The number of nitrogens with one attached hydrogen (secondary N) is 3. The Morgan fingerprint density at radius 2 is 1.80 bits per heavy atom. The Morgan fingerprint density at radius 3 is 2.58 bits per heavy atom. The maximum absolute atomic E-state index is 14.1. The van der Waals surface area contributed by atoms with E-state index >= 15 is 0 Å². The first-order chi connectivity index (χ1) is 31.1. The Hall–Kier alpha value is -5.75. The van der Waals surface area contributed by atoms with Gasteiger partial charge in [-0.25, -0.2) is 18.1 Å². The van der Waals surface area contributed by atoms with Crippen LogP contribution in [0.4, 0.5) is 17.1 Å². The molecule has 17 heteroatoms. The number of pyridine rings is 1. The predicted octanol–water partition coefficient (Wildman–Crippen LogP) is 7.43. The van der Waals surface area contributed by atoms with Crippen LogP contribution in [0.2, 0.25) is 0 Å². The summed E-state index contributed by atoms with van der Waals surface area (Å²) in [6, 6.07) is 20.7. The topological polar surface area (TPSA) is 190 Å². The number of nitrogens with zero attached hydrogens (tertiary/aromatic N) is 4. The molecule has 5 fully saturated rings. The van der Waals surface area contributed by atoms with Gasteiger partial charge in [0.2, 0.25) is 0 Å². The van der Waals surface area contributed by atoms with Gasteiger partial charge < -0.3 is 34.1 Å². The standard InChI is InChI=1S/C47H51N7O9S/c55-46(51-64(58,59)34-22-40(54(56)57)44-42(23-34)62-27-38(50-44)43-28-60-18-19-61-43)37-10-9-31(21-41(37)63-33-20-30-11-14-48-45(30)49-26-33)52-16-12-47(13-17-52)24-32(25-47)53-15-3-6-39(53)36-5-2-1-4-35(36)29-7-8-29/h1-2,4-5,9-11,14,20-23,26,29,32,38-39,43,50H,3,6-8,12-13,15-19,24-25,27-28H2,(H,48,49)(H,51,55). The van der Waals surface area contributed by atoms with Crippen LogP contribution in [-0.4, -0.2) is 98.4 Å². The van der Waals surface area contributed by atoms with Crippen molar-refractivity contribution in [3.8, 4) is 17.2 Å². The van der Waals surface area contributed by atoms with E-state index in [1.54, 1.807) is 35.5 Å². The van der Waals surface area contributed by atoms with Gasteiger partial charge >= 0.3 is 0 Å². The van der Waals surface area contributed by atoms with E-state index in [0.717, 1.165) is 49.0 Å². The molecule has 2 saturated carbocycles. The molecule has 6 heterocycles. The lowest BCUT2D eigenvalue weighted by molar-refractivity contribution is -0.384. The molecule has 3 saturated heterocycles. The summed E-state index contributed by atoms with van der Waals surface area (Å²) in [6.07, 6.45) is 12.5. The second kappa shape index (κ2) is 16.4. The molecular formula is C47H51N7O9S. The second-order valence-corrected chi connectivity index (χ2v) is 20.0. The lowest BCUT2D eigenvalue weighted by Gasteiger charge is -2.56. The van der Waals surface area contributed by atoms with Crippen molar-refractivity contribution in [2.75, 3.05) is 56.3 Å². The third-order valence-electron chi connectivity index (χ3n) is 14.3. The van der Waals surface area contributed by atoms with Crippen molar-refractivity contribution in [3.05, 3.63) is 106 Å². The smallest absolute Gasteiger partial charge is 0.297 e. The number of nitro benzene ring substituents is 1. The Balaban J connectivity index is 0.807. The number of aromatic amines is 1. The molecule has 0 radical (unpaired) electrons. The number of anilines is 2. The van der Waals surface area contributed by atoms with Crippen molar-refractivity contribution in [2.24, 2.45) is 5.41 Å². The molecule has 5 aromatic rings. The number of hydrogen-bond acceptors (Lipinski definition) is 13. The Labute approximate surface area is 370 Å². The normalized spacial score (nSPS) is 23.5. The first kappa shape index (κ1) is 41.0. The number of fused-ring (bicyclic) bond motifs is 2. The molecule has 6 aliphatic rings. The monoisotopic (exact) mass is 889 g/mol. The molecule has 2 aromatic heterocycles. The summed E-state index contributed by atoms with van der Waals surface area (Å²) in [4.78, 5) is 37.8. The molecule has 1 spiro atoms. The average Bonchev–Trinajstić information content (AvgIpc) is 3.84. The van der Waals surface area contributed by atoms with E-state index in [2.05, 4.69) is 54.1 Å². The molecule has 334 valence electrons. The largest absolute Gasteiger partial charge is 0.489 e. The second-order valence-electron chi connectivity index (χ2n) is 18.3. The molecule has 64 heavy (non-hydrogen) atoms. The van der Waals surface area contributed by atoms with Crippen LogP contribution in [-0.2, 0) is 19.5 Å². The number of piperidine rings is 1. The summed E-state index contributed by atoms with van der Waals surface area (Å²) in [7, 11) is -4.66. The van der Waals surface area contributed by atoms with Crippen LogP contribution < -0.4 is 24.4 Å². The van der Waals surface area contributed by atoms with E-state index < -0.39 is 43.6 Å². The molecule has 16 nitrogen and oxygen atoms in total. The molecule has 3 aromatic carbocycles. The van der Waals surface area contributed by atoms with Crippen LogP contribution in [0, 0.1) is 15.5 Å². The Kier molecular flexibility index (Phi) is 10.5. The van der Waals surface area contributed by atoms with Crippen LogP contribution in [0.5, 0.6) is 17.2 Å². The molecular weight excluding hydrogens is 839 g/mol. The summed E-state index contributed by atoms with van der Waals surface area (Å²) in [5.74, 6) is 0.236. The van der Waals surface area contributed by atoms with E-state index in [0.29, 0.717) is 42.1 Å². The zero-order valence-corrected chi connectivity index (χ0v) is 36.2. The van der Waals surface area contributed by atoms with Gasteiger partial charge in [-0.15, -0.1) is 0 Å². The molecule has 4 aliphatic heterocycles. The molecule has 3 atom stereocenters. The van der Waals surface area contributed by atoms with E-state index in [1.807, 2.05) is 12.1 Å². The fourth-order valence-electron chi connectivity index (χ4n) is 10.8. The van der Waals surface area contributed by atoms with Crippen molar-refractivity contribution in [2.45, 2.75) is 86.4 Å². The van der Waals surface area contributed by atoms with Gasteiger partial charge in [0, 0.05) is 60.6 Å². The number of hydrogen-bond donors (Lipinski definition) is 3. The number of benzene rings is 3. The molecule has 11 rings (SSSR count). The van der Waals surface area contributed by atoms with Gasteiger partial charge in [0.15, 0.2) is 11.4 Å². The number of ether oxygens (including phenoxy) is 4. The predicted molar refractivity (Wildman–Crippen MR) is 238 cm³/mol. The maximum Gasteiger partial charge on any atom is 0.297 e.